The van der Waals surface area contributed by atoms with Crippen molar-refractivity contribution in [3.63, 3.8) is 0 Å². The van der Waals surface area contributed by atoms with Crippen molar-refractivity contribution in [2.45, 2.75) is 110 Å². The zero-order chi connectivity index (χ0) is 18.9. The summed E-state index contributed by atoms with van der Waals surface area (Å²) < 4.78 is 0. The lowest BCUT2D eigenvalue weighted by molar-refractivity contribution is -0.0913. The van der Waals surface area contributed by atoms with Gasteiger partial charge in [-0.1, -0.05) is 27.7 Å². The lowest BCUT2D eigenvalue weighted by Gasteiger charge is -2.58. The Morgan fingerprint density at radius 2 is 1.27 bits per heavy atom. The van der Waals surface area contributed by atoms with Crippen LogP contribution >= 0.6 is 0 Å². The molecule has 26 heavy (non-hydrogen) atoms. The van der Waals surface area contributed by atoms with Crippen molar-refractivity contribution in [2.75, 3.05) is 0 Å². The Morgan fingerprint density at radius 3 is 1.77 bits per heavy atom. The number of nitrogens with two attached hydrogens (primary N) is 2. The number of hydrogen-bond donors (Lipinski definition) is 2. The van der Waals surface area contributed by atoms with Gasteiger partial charge in [-0.25, -0.2) is 0 Å². The summed E-state index contributed by atoms with van der Waals surface area (Å²) in [6.45, 7) is 10.0. The molecule has 2 nitrogen and oxygen atoms in total. The van der Waals surface area contributed by atoms with Gasteiger partial charge in [0.1, 0.15) is 0 Å². The summed E-state index contributed by atoms with van der Waals surface area (Å²) in [5, 5.41) is 0. The van der Waals surface area contributed by atoms with Crippen molar-refractivity contribution in [3.05, 3.63) is 0 Å². The van der Waals surface area contributed by atoms with E-state index in [2.05, 4.69) is 27.7 Å². The van der Waals surface area contributed by atoms with Gasteiger partial charge in [0.15, 0.2) is 0 Å². The van der Waals surface area contributed by atoms with Gasteiger partial charge < -0.3 is 11.5 Å². The van der Waals surface area contributed by atoms with Crippen LogP contribution in [0, 0.1) is 40.9 Å². The van der Waals surface area contributed by atoms with Gasteiger partial charge in [-0.15, -0.1) is 0 Å². The molecule has 0 aromatic carbocycles. The molecule has 0 heterocycles. The molecular formula is C24H46N2. The molecule has 0 amide bonds. The molecule has 3 aliphatic rings. The Bertz CT molecular complexity index is 429. The summed E-state index contributed by atoms with van der Waals surface area (Å²) in [4.78, 5) is 0. The predicted molar refractivity (Wildman–Crippen MR) is 113 cm³/mol. The summed E-state index contributed by atoms with van der Waals surface area (Å²) >= 11 is 0. The van der Waals surface area contributed by atoms with Crippen LogP contribution in [0.5, 0.6) is 0 Å². The Balaban J connectivity index is 1.88. The monoisotopic (exact) mass is 362 g/mol. The fourth-order valence-electron chi connectivity index (χ4n) is 7.42. The first-order valence-corrected chi connectivity index (χ1v) is 11.9. The molecule has 3 fully saturated rings. The van der Waals surface area contributed by atoms with Gasteiger partial charge in [0.2, 0.25) is 0 Å². The first kappa shape index (κ1) is 20.6. The minimum absolute atomic E-state index is 0.466. The van der Waals surface area contributed by atoms with E-state index in [0.717, 1.165) is 35.5 Å². The minimum Gasteiger partial charge on any atom is -0.328 e. The van der Waals surface area contributed by atoms with Crippen LogP contribution < -0.4 is 11.5 Å². The summed E-state index contributed by atoms with van der Waals surface area (Å²) in [6, 6.07) is 0.936. The van der Waals surface area contributed by atoms with Crippen LogP contribution in [0.2, 0.25) is 0 Å². The third-order valence-corrected chi connectivity index (χ3v) is 9.13. The Kier molecular flexibility index (Phi) is 6.76. The van der Waals surface area contributed by atoms with E-state index in [-0.39, 0.29) is 0 Å². The fourth-order valence-corrected chi connectivity index (χ4v) is 7.42. The molecule has 4 N–H and O–H groups in total. The molecule has 3 saturated carbocycles. The van der Waals surface area contributed by atoms with Crippen LogP contribution in [0.25, 0.3) is 0 Å². The lowest BCUT2D eigenvalue weighted by Crippen LogP contribution is -2.52. The SMILES string of the molecule is CC(C)C1CCC(C(C)C)(C2CCC(N)CC2)C(C2CCC(N)CC2)C1. The molecule has 0 aromatic heterocycles. The van der Waals surface area contributed by atoms with Gasteiger partial charge in [-0.05, 0) is 112 Å². The number of hydrogen-bond acceptors (Lipinski definition) is 2. The summed E-state index contributed by atoms with van der Waals surface area (Å²) in [6.07, 6.45) is 15.0. The Hall–Kier alpha value is -0.0800. The van der Waals surface area contributed by atoms with E-state index in [1.54, 1.807) is 0 Å². The molecule has 0 bridgehead atoms. The predicted octanol–water partition coefficient (Wildman–Crippen LogP) is 5.74. The summed E-state index contributed by atoms with van der Waals surface area (Å²) in [5.41, 5.74) is 13.1. The highest BCUT2D eigenvalue weighted by molar-refractivity contribution is 5.03. The Labute approximate surface area is 163 Å². The van der Waals surface area contributed by atoms with E-state index in [0.29, 0.717) is 17.5 Å². The molecule has 152 valence electrons. The first-order chi connectivity index (χ1) is 12.3. The zero-order valence-electron chi connectivity index (χ0n) is 18.1. The van der Waals surface area contributed by atoms with Crippen molar-refractivity contribution in [1.82, 2.24) is 0 Å². The van der Waals surface area contributed by atoms with Crippen LogP contribution in [-0.4, -0.2) is 12.1 Å². The second kappa shape index (κ2) is 8.52. The first-order valence-electron chi connectivity index (χ1n) is 11.9. The average Bonchev–Trinajstić information content (AvgIpc) is 2.62. The van der Waals surface area contributed by atoms with Crippen molar-refractivity contribution < 1.29 is 0 Å². The van der Waals surface area contributed by atoms with Crippen LogP contribution in [-0.2, 0) is 0 Å². The van der Waals surface area contributed by atoms with E-state index < -0.39 is 0 Å². The zero-order valence-corrected chi connectivity index (χ0v) is 18.1. The van der Waals surface area contributed by atoms with E-state index in [1.807, 2.05) is 0 Å². The highest BCUT2D eigenvalue weighted by Crippen LogP contribution is 2.61. The molecule has 0 radical (unpaired) electrons. The van der Waals surface area contributed by atoms with Gasteiger partial charge in [0, 0.05) is 12.1 Å². The summed E-state index contributed by atoms with van der Waals surface area (Å²) in [5.74, 6) is 5.35. The molecule has 0 spiro atoms. The van der Waals surface area contributed by atoms with Gasteiger partial charge in [0.05, 0.1) is 0 Å². The molecule has 0 aromatic rings. The van der Waals surface area contributed by atoms with Crippen LogP contribution in [0.3, 0.4) is 0 Å². The van der Waals surface area contributed by atoms with Crippen LogP contribution in [0.4, 0.5) is 0 Å². The highest BCUT2D eigenvalue weighted by Gasteiger charge is 2.53. The van der Waals surface area contributed by atoms with Gasteiger partial charge in [0.25, 0.3) is 0 Å². The molecule has 3 unspecified atom stereocenters. The maximum Gasteiger partial charge on any atom is 0.00390 e. The normalized spacial score (nSPS) is 45.2. The third-order valence-electron chi connectivity index (χ3n) is 9.13. The molecule has 3 atom stereocenters. The van der Waals surface area contributed by atoms with Crippen LogP contribution in [0.1, 0.15) is 98.3 Å². The van der Waals surface area contributed by atoms with E-state index >= 15 is 0 Å². The quantitative estimate of drug-likeness (QED) is 0.670. The largest absolute Gasteiger partial charge is 0.328 e. The maximum atomic E-state index is 6.29. The molecular weight excluding hydrogens is 316 g/mol. The molecule has 3 aliphatic carbocycles. The lowest BCUT2D eigenvalue weighted by atomic mass is 9.47. The van der Waals surface area contributed by atoms with Gasteiger partial charge in [-0.2, -0.15) is 0 Å². The van der Waals surface area contributed by atoms with E-state index in [1.165, 1.54) is 70.6 Å². The standard InChI is InChI=1S/C24H46N2/c1-16(2)19-13-14-24(17(3)4,20-7-11-22(26)12-8-20)23(15-19)18-5-9-21(25)10-6-18/h16-23H,5-15,25-26H2,1-4H3. The van der Waals surface area contributed by atoms with Gasteiger partial charge >= 0.3 is 0 Å². The molecule has 0 saturated heterocycles. The molecule has 2 heteroatoms. The minimum atomic E-state index is 0.466. The number of rotatable bonds is 4. The topological polar surface area (TPSA) is 52.0 Å². The fraction of sp³-hybridized carbons (Fsp3) is 1.00. The Morgan fingerprint density at radius 1 is 0.731 bits per heavy atom. The van der Waals surface area contributed by atoms with Gasteiger partial charge in [-0.3, -0.25) is 0 Å². The second-order valence-corrected chi connectivity index (χ2v) is 10.9. The van der Waals surface area contributed by atoms with Crippen molar-refractivity contribution in [1.29, 1.82) is 0 Å². The smallest absolute Gasteiger partial charge is 0.00390 e. The second-order valence-electron chi connectivity index (χ2n) is 10.9. The molecule has 0 aliphatic heterocycles. The molecule has 3 rings (SSSR count). The highest BCUT2D eigenvalue weighted by atomic mass is 14.7. The maximum absolute atomic E-state index is 6.29. The third kappa shape index (κ3) is 4.02. The van der Waals surface area contributed by atoms with Crippen molar-refractivity contribution in [2.24, 2.45) is 52.4 Å². The van der Waals surface area contributed by atoms with Crippen molar-refractivity contribution >= 4 is 0 Å². The summed E-state index contributed by atoms with van der Waals surface area (Å²) in [7, 11) is 0. The van der Waals surface area contributed by atoms with Crippen molar-refractivity contribution in [3.8, 4) is 0 Å². The van der Waals surface area contributed by atoms with E-state index in [9.17, 15) is 0 Å². The van der Waals surface area contributed by atoms with E-state index in [4.69, 9.17) is 11.5 Å². The average molecular weight is 363 g/mol. The van der Waals surface area contributed by atoms with Crippen LogP contribution in [0.15, 0.2) is 0 Å².